The molecule has 0 aliphatic heterocycles. The molecule has 102 valence electrons. The number of hydrogen-bond donors (Lipinski definition) is 0. The van der Waals surface area contributed by atoms with E-state index in [1.54, 1.807) is 24.9 Å². The molecule has 1 atom stereocenters. The highest BCUT2D eigenvalue weighted by atomic mass is 16.6. The van der Waals surface area contributed by atoms with E-state index in [1.807, 2.05) is 18.2 Å². The van der Waals surface area contributed by atoms with E-state index in [0.717, 1.165) is 0 Å². The molecule has 1 unspecified atom stereocenters. The average Bonchev–Trinajstić information content (AvgIpc) is 2.45. The van der Waals surface area contributed by atoms with Crippen molar-refractivity contribution in [2.75, 3.05) is 18.5 Å². The molecule has 0 N–H and O–H groups in total. The predicted octanol–water partition coefficient (Wildman–Crippen LogP) is 2.74. The van der Waals surface area contributed by atoms with E-state index in [1.165, 1.54) is 6.20 Å². The summed E-state index contributed by atoms with van der Waals surface area (Å²) in [4.78, 5) is 16.6. The molecule has 0 aliphatic rings. The Morgan fingerprint density at radius 2 is 2.20 bits per heavy atom. The Bertz CT molecular complexity index is 693. The Balaban J connectivity index is 2.61. The molecule has 20 heavy (non-hydrogen) atoms. The van der Waals surface area contributed by atoms with Crippen molar-refractivity contribution in [3.05, 3.63) is 40.6 Å². The topological polar surface area (TPSA) is 83.1 Å². The molecular formula is C14H14N4O2. The van der Waals surface area contributed by atoms with Gasteiger partial charge in [-0.2, -0.15) is 5.26 Å². The zero-order chi connectivity index (χ0) is 14.7. The summed E-state index contributed by atoms with van der Waals surface area (Å²) in [6, 6.07) is 9.40. The summed E-state index contributed by atoms with van der Waals surface area (Å²) in [5, 5.41) is 20.8. The minimum atomic E-state index is -0.442. The van der Waals surface area contributed by atoms with Crippen LogP contribution in [0.3, 0.4) is 0 Å². The van der Waals surface area contributed by atoms with E-state index in [-0.39, 0.29) is 11.6 Å². The summed E-state index contributed by atoms with van der Waals surface area (Å²) in [7, 11) is 1.75. The highest BCUT2D eigenvalue weighted by Crippen LogP contribution is 2.34. The fourth-order valence-corrected chi connectivity index (χ4v) is 2.19. The molecule has 6 heteroatoms. The minimum Gasteiger partial charge on any atom is -0.367 e. The van der Waals surface area contributed by atoms with Gasteiger partial charge < -0.3 is 4.90 Å². The van der Waals surface area contributed by atoms with Gasteiger partial charge in [0.15, 0.2) is 0 Å². The Kier molecular flexibility index (Phi) is 3.80. The van der Waals surface area contributed by atoms with Crippen LogP contribution >= 0.6 is 0 Å². The molecular weight excluding hydrogens is 256 g/mol. The number of hydrogen-bond acceptors (Lipinski definition) is 5. The van der Waals surface area contributed by atoms with Crippen LogP contribution in [-0.4, -0.2) is 23.5 Å². The number of nitriles is 1. The molecule has 2 rings (SSSR count). The van der Waals surface area contributed by atoms with E-state index in [4.69, 9.17) is 5.26 Å². The van der Waals surface area contributed by atoms with Crippen LogP contribution in [-0.2, 0) is 0 Å². The summed E-state index contributed by atoms with van der Waals surface area (Å²) >= 11 is 0. The molecule has 1 aromatic carbocycles. The number of para-hydroxylation sites is 1. The predicted molar refractivity (Wildman–Crippen MR) is 76.4 cm³/mol. The van der Waals surface area contributed by atoms with Crippen LogP contribution in [0, 0.1) is 27.4 Å². The van der Waals surface area contributed by atoms with E-state index in [0.29, 0.717) is 23.1 Å². The van der Waals surface area contributed by atoms with Crippen molar-refractivity contribution in [3.8, 4) is 6.07 Å². The first kappa shape index (κ1) is 13.7. The van der Waals surface area contributed by atoms with Crippen LogP contribution in [0.15, 0.2) is 30.5 Å². The van der Waals surface area contributed by atoms with E-state index >= 15 is 0 Å². The van der Waals surface area contributed by atoms with Crippen molar-refractivity contribution in [2.45, 2.75) is 6.92 Å². The molecule has 0 spiro atoms. The monoisotopic (exact) mass is 270 g/mol. The fourth-order valence-electron chi connectivity index (χ4n) is 2.19. The molecule has 1 aromatic heterocycles. The number of benzene rings is 1. The molecule has 0 bridgehead atoms. The maximum absolute atomic E-state index is 11.2. The maximum Gasteiger partial charge on any atom is 0.311 e. The van der Waals surface area contributed by atoms with E-state index in [2.05, 4.69) is 11.1 Å². The van der Waals surface area contributed by atoms with Gasteiger partial charge in [0.2, 0.25) is 0 Å². The summed E-state index contributed by atoms with van der Waals surface area (Å²) in [5.41, 5.74) is 1.16. The van der Waals surface area contributed by atoms with Gasteiger partial charge in [-0.15, -0.1) is 0 Å². The molecule has 2 aromatic rings. The van der Waals surface area contributed by atoms with Gasteiger partial charge in [-0.05, 0) is 13.0 Å². The zero-order valence-corrected chi connectivity index (χ0v) is 11.3. The van der Waals surface area contributed by atoms with Gasteiger partial charge in [-0.3, -0.25) is 10.1 Å². The number of fused-ring (bicyclic) bond motifs is 1. The molecule has 0 aliphatic carbocycles. The molecule has 6 nitrogen and oxygen atoms in total. The van der Waals surface area contributed by atoms with Crippen molar-refractivity contribution in [1.82, 2.24) is 4.98 Å². The molecule has 0 radical (unpaired) electrons. The molecule has 0 fully saturated rings. The van der Waals surface area contributed by atoms with Crippen molar-refractivity contribution in [3.63, 3.8) is 0 Å². The van der Waals surface area contributed by atoms with Gasteiger partial charge >= 0.3 is 5.69 Å². The minimum absolute atomic E-state index is 0.0451. The first-order valence-corrected chi connectivity index (χ1v) is 6.17. The van der Waals surface area contributed by atoms with Crippen LogP contribution < -0.4 is 4.90 Å². The molecule has 0 saturated heterocycles. The summed E-state index contributed by atoms with van der Waals surface area (Å²) < 4.78 is 0. The van der Waals surface area contributed by atoms with E-state index in [9.17, 15) is 10.1 Å². The van der Waals surface area contributed by atoms with Crippen molar-refractivity contribution in [2.24, 2.45) is 5.92 Å². The second-order valence-electron chi connectivity index (χ2n) is 4.68. The lowest BCUT2D eigenvalue weighted by Crippen LogP contribution is -2.24. The van der Waals surface area contributed by atoms with Gasteiger partial charge in [0, 0.05) is 19.0 Å². The summed E-state index contributed by atoms with van der Waals surface area (Å²) in [6.07, 6.45) is 1.27. The average molecular weight is 270 g/mol. The van der Waals surface area contributed by atoms with Crippen LogP contribution in [0.5, 0.6) is 0 Å². The smallest absolute Gasteiger partial charge is 0.311 e. The lowest BCUT2D eigenvalue weighted by Gasteiger charge is -2.21. The maximum atomic E-state index is 11.2. The first-order valence-electron chi connectivity index (χ1n) is 6.17. The Labute approximate surface area is 116 Å². The van der Waals surface area contributed by atoms with Crippen molar-refractivity contribution < 1.29 is 4.92 Å². The Morgan fingerprint density at radius 1 is 1.50 bits per heavy atom. The third-order valence-corrected chi connectivity index (χ3v) is 3.07. The molecule has 1 heterocycles. The lowest BCUT2D eigenvalue weighted by molar-refractivity contribution is -0.384. The van der Waals surface area contributed by atoms with Gasteiger partial charge in [0.1, 0.15) is 11.9 Å². The number of anilines is 1. The van der Waals surface area contributed by atoms with Gasteiger partial charge in [-0.25, -0.2) is 4.98 Å². The second kappa shape index (κ2) is 5.53. The highest BCUT2D eigenvalue weighted by Gasteiger charge is 2.22. The van der Waals surface area contributed by atoms with Gasteiger partial charge in [0.25, 0.3) is 0 Å². The normalized spacial score (nSPS) is 11.8. The van der Waals surface area contributed by atoms with Crippen molar-refractivity contribution in [1.29, 1.82) is 5.26 Å². The van der Waals surface area contributed by atoms with Gasteiger partial charge in [0.05, 0.1) is 22.4 Å². The van der Waals surface area contributed by atoms with Crippen LogP contribution in [0.25, 0.3) is 10.9 Å². The third-order valence-electron chi connectivity index (χ3n) is 3.07. The van der Waals surface area contributed by atoms with Crippen LogP contribution in [0.2, 0.25) is 0 Å². The quantitative estimate of drug-likeness (QED) is 0.630. The number of nitrogens with zero attached hydrogens (tertiary/aromatic N) is 4. The second-order valence-corrected chi connectivity index (χ2v) is 4.68. The number of rotatable bonds is 4. The molecule has 0 saturated carbocycles. The summed E-state index contributed by atoms with van der Waals surface area (Å²) in [6.45, 7) is 2.21. The third kappa shape index (κ3) is 2.52. The number of nitro groups is 1. The first-order chi connectivity index (χ1) is 9.54. The standard InChI is InChI=1S/C14H14N4O2/c1-10(7-15)9-17(2)14-11-5-3-4-6-12(11)16-8-13(14)18(19)20/h3-6,8,10H,9H2,1-2H3. The van der Waals surface area contributed by atoms with Crippen LogP contribution in [0.1, 0.15) is 6.92 Å². The fraction of sp³-hybridized carbons (Fsp3) is 0.286. The van der Waals surface area contributed by atoms with Crippen LogP contribution in [0.4, 0.5) is 11.4 Å². The number of pyridine rings is 1. The number of aromatic nitrogens is 1. The Morgan fingerprint density at radius 3 is 2.85 bits per heavy atom. The summed E-state index contributed by atoms with van der Waals surface area (Å²) in [5.74, 6) is -0.216. The van der Waals surface area contributed by atoms with Crippen molar-refractivity contribution >= 4 is 22.3 Å². The highest BCUT2D eigenvalue weighted by molar-refractivity contribution is 5.96. The van der Waals surface area contributed by atoms with E-state index < -0.39 is 4.92 Å². The molecule has 0 amide bonds. The van der Waals surface area contributed by atoms with Gasteiger partial charge in [-0.1, -0.05) is 18.2 Å². The lowest BCUT2D eigenvalue weighted by atomic mass is 10.1. The SMILES string of the molecule is CC(C#N)CN(C)c1c([N+](=O)[O-])cnc2ccccc12. The largest absolute Gasteiger partial charge is 0.367 e. The zero-order valence-electron chi connectivity index (χ0n) is 11.3. The Hall–Kier alpha value is -2.68.